The molecule has 7 heteroatoms. The van der Waals surface area contributed by atoms with Gasteiger partial charge >= 0.3 is 0 Å². The molecule has 0 radical (unpaired) electrons. The van der Waals surface area contributed by atoms with Crippen molar-refractivity contribution in [3.63, 3.8) is 0 Å². The Morgan fingerprint density at radius 1 is 0.903 bits per heavy atom. The van der Waals surface area contributed by atoms with Gasteiger partial charge in [0.05, 0.1) is 18.2 Å². The summed E-state index contributed by atoms with van der Waals surface area (Å²) in [5.74, 6) is -0.0249. The molecule has 6 nitrogen and oxygen atoms in total. The largest absolute Gasteiger partial charge is 0.495 e. The van der Waals surface area contributed by atoms with Crippen LogP contribution in [0.25, 0.3) is 6.08 Å². The first kappa shape index (κ1) is 22.1. The van der Waals surface area contributed by atoms with Gasteiger partial charge in [-0.3, -0.25) is 9.10 Å². The van der Waals surface area contributed by atoms with Crippen LogP contribution in [0.2, 0.25) is 0 Å². The van der Waals surface area contributed by atoms with Crippen molar-refractivity contribution in [1.82, 2.24) is 0 Å². The minimum absolute atomic E-state index is 0.289. The molecule has 0 aliphatic heterocycles. The predicted octanol–water partition coefficient (Wildman–Crippen LogP) is 4.17. The lowest BCUT2D eigenvalue weighted by Gasteiger charge is -2.26. The molecule has 0 saturated heterocycles. The summed E-state index contributed by atoms with van der Waals surface area (Å²) < 4.78 is 33.0. The number of ether oxygens (including phenoxy) is 1. The Morgan fingerprint density at radius 2 is 1.48 bits per heavy atom. The van der Waals surface area contributed by atoms with Crippen molar-refractivity contribution in [3.05, 3.63) is 95.9 Å². The van der Waals surface area contributed by atoms with Crippen LogP contribution in [0, 0.1) is 0 Å². The Bertz CT molecular complexity index is 1150. The molecule has 0 aliphatic rings. The van der Waals surface area contributed by atoms with Crippen LogP contribution in [0.1, 0.15) is 5.56 Å². The Kier molecular flexibility index (Phi) is 7.10. The van der Waals surface area contributed by atoms with E-state index in [2.05, 4.69) is 0 Å². The van der Waals surface area contributed by atoms with Crippen molar-refractivity contribution >= 4 is 33.4 Å². The third-order valence-corrected chi connectivity index (χ3v) is 6.11. The lowest BCUT2D eigenvalue weighted by molar-refractivity contribution is -0.116. The lowest BCUT2D eigenvalue weighted by Crippen LogP contribution is -2.41. The van der Waals surface area contributed by atoms with Gasteiger partial charge in [0, 0.05) is 12.7 Å². The van der Waals surface area contributed by atoms with Gasteiger partial charge in [-0.1, -0.05) is 60.7 Å². The van der Waals surface area contributed by atoms with Crippen LogP contribution in [0.15, 0.2) is 90.3 Å². The monoisotopic (exact) mass is 436 g/mol. The van der Waals surface area contributed by atoms with Gasteiger partial charge in [-0.05, 0) is 35.9 Å². The van der Waals surface area contributed by atoms with Crippen LogP contribution in [-0.4, -0.2) is 35.0 Å². The first-order valence-corrected chi connectivity index (χ1v) is 11.1. The molecular weight excluding hydrogens is 412 g/mol. The van der Waals surface area contributed by atoms with Crippen LogP contribution >= 0.6 is 0 Å². The average molecular weight is 437 g/mol. The molecule has 0 unspecified atom stereocenters. The molecule has 0 aromatic heterocycles. The van der Waals surface area contributed by atoms with E-state index in [-0.39, 0.29) is 18.1 Å². The Hall–Kier alpha value is -3.58. The summed E-state index contributed by atoms with van der Waals surface area (Å²) in [6.07, 6.45) is 1.50. The van der Waals surface area contributed by atoms with E-state index in [0.29, 0.717) is 11.4 Å². The van der Waals surface area contributed by atoms with Crippen LogP contribution < -0.4 is 13.9 Å². The molecule has 31 heavy (non-hydrogen) atoms. The van der Waals surface area contributed by atoms with E-state index in [9.17, 15) is 13.2 Å². The number of amides is 1. The zero-order valence-corrected chi connectivity index (χ0v) is 18.2. The number of para-hydroxylation sites is 3. The fourth-order valence-electron chi connectivity index (χ4n) is 2.97. The standard InChI is InChI=1S/C24H24N2O4S/c1-25(21-13-7-4-8-14-21)24(27)19-26(22-15-9-10-16-23(22)30-2)31(28,29)18-17-20-11-5-3-6-12-20/h3-18H,19H2,1-2H3. The molecule has 0 fully saturated rings. The molecule has 0 saturated carbocycles. The average Bonchev–Trinajstić information content (AvgIpc) is 2.81. The molecule has 0 atom stereocenters. The molecule has 0 spiro atoms. The Morgan fingerprint density at radius 3 is 2.13 bits per heavy atom. The summed E-state index contributed by atoms with van der Waals surface area (Å²) >= 11 is 0. The number of carbonyl (C=O) groups is 1. The van der Waals surface area contributed by atoms with Crippen molar-refractivity contribution in [1.29, 1.82) is 0 Å². The van der Waals surface area contributed by atoms with Crippen molar-refractivity contribution in [2.24, 2.45) is 0 Å². The second-order valence-electron chi connectivity index (χ2n) is 6.73. The topological polar surface area (TPSA) is 66.9 Å². The van der Waals surface area contributed by atoms with Gasteiger partial charge in [-0.15, -0.1) is 0 Å². The first-order valence-electron chi connectivity index (χ1n) is 9.63. The van der Waals surface area contributed by atoms with E-state index in [1.54, 1.807) is 55.6 Å². The first-order chi connectivity index (χ1) is 14.9. The van der Waals surface area contributed by atoms with E-state index in [0.717, 1.165) is 15.3 Å². The summed E-state index contributed by atoms with van der Waals surface area (Å²) in [5, 5.41) is 1.10. The highest BCUT2D eigenvalue weighted by atomic mass is 32.2. The van der Waals surface area contributed by atoms with Crippen LogP contribution in [0.4, 0.5) is 11.4 Å². The van der Waals surface area contributed by atoms with Crippen LogP contribution in [0.5, 0.6) is 5.75 Å². The van der Waals surface area contributed by atoms with Crippen molar-refractivity contribution in [2.75, 3.05) is 29.9 Å². The second-order valence-corrected chi connectivity index (χ2v) is 8.47. The maximum atomic E-state index is 13.3. The molecule has 3 aromatic rings. The number of hydrogen-bond acceptors (Lipinski definition) is 4. The third kappa shape index (κ3) is 5.52. The van der Waals surface area contributed by atoms with Crippen molar-refractivity contribution in [2.45, 2.75) is 0 Å². The molecule has 0 heterocycles. The van der Waals surface area contributed by atoms with Gasteiger partial charge < -0.3 is 9.64 Å². The SMILES string of the molecule is COc1ccccc1N(CC(=O)N(C)c1ccccc1)S(=O)(=O)C=Cc1ccccc1. The molecule has 1 amide bonds. The van der Waals surface area contributed by atoms with Gasteiger partial charge in [0.25, 0.3) is 10.0 Å². The highest BCUT2D eigenvalue weighted by molar-refractivity contribution is 7.95. The number of benzene rings is 3. The van der Waals surface area contributed by atoms with E-state index < -0.39 is 10.0 Å². The summed E-state index contributed by atoms with van der Waals surface area (Å²) in [7, 11) is -0.916. The van der Waals surface area contributed by atoms with Gasteiger partial charge in [0.15, 0.2) is 0 Å². The molecule has 0 bridgehead atoms. The number of carbonyl (C=O) groups excluding carboxylic acids is 1. The number of nitrogens with zero attached hydrogens (tertiary/aromatic N) is 2. The maximum Gasteiger partial charge on any atom is 0.258 e. The van der Waals surface area contributed by atoms with Gasteiger partial charge in [-0.25, -0.2) is 8.42 Å². The fraction of sp³-hybridized carbons (Fsp3) is 0.125. The van der Waals surface area contributed by atoms with Gasteiger partial charge in [-0.2, -0.15) is 0 Å². The predicted molar refractivity (Wildman–Crippen MR) is 125 cm³/mol. The zero-order chi connectivity index (χ0) is 22.3. The third-order valence-electron chi connectivity index (χ3n) is 4.69. The molecule has 3 rings (SSSR count). The normalized spacial score (nSPS) is 11.3. The Labute approximate surface area is 183 Å². The smallest absolute Gasteiger partial charge is 0.258 e. The molecule has 3 aromatic carbocycles. The number of rotatable bonds is 8. The summed E-state index contributed by atoms with van der Waals surface area (Å²) in [5.41, 5.74) is 1.70. The Balaban J connectivity index is 1.97. The van der Waals surface area contributed by atoms with E-state index in [4.69, 9.17) is 4.74 Å². The molecule has 0 N–H and O–H groups in total. The van der Waals surface area contributed by atoms with Gasteiger partial charge in [0.1, 0.15) is 12.3 Å². The number of sulfonamides is 1. The molecule has 0 aliphatic carbocycles. The van der Waals surface area contributed by atoms with Crippen LogP contribution in [0.3, 0.4) is 0 Å². The highest BCUT2D eigenvalue weighted by Crippen LogP contribution is 2.30. The minimum atomic E-state index is -3.99. The fourth-order valence-corrected chi connectivity index (χ4v) is 4.17. The summed E-state index contributed by atoms with van der Waals surface area (Å²) in [4.78, 5) is 14.4. The number of anilines is 2. The van der Waals surface area contributed by atoms with E-state index >= 15 is 0 Å². The van der Waals surface area contributed by atoms with E-state index in [1.807, 2.05) is 36.4 Å². The lowest BCUT2D eigenvalue weighted by atomic mass is 10.2. The number of hydrogen-bond donors (Lipinski definition) is 0. The van der Waals surface area contributed by atoms with Crippen molar-refractivity contribution < 1.29 is 17.9 Å². The molecular formula is C24H24N2O4S. The number of likely N-dealkylation sites (N-methyl/N-ethyl adjacent to an activating group) is 1. The highest BCUT2D eigenvalue weighted by Gasteiger charge is 2.27. The number of methoxy groups -OCH3 is 1. The quantitative estimate of drug-likeness (QED) is 0.532. The van der Waals surface area contributed by atoms with Gasteiger partial charge in [0.2, 0.25) is 5.91 Å². The molecule has 160 valence electrons. The minimum Gasteiger partial charge on any atom is -0.495 e. The van der Waals surface area contributed by atoms with Crippen LogP contribution in [-0.2, 0) is 14.8 Å². The van der Waals surface area contributed by atoms with Crippen molar-refractivity contribution in [3.8, 4) is 5.75 Å². The summed E-state index contributed by atoms with van der Waals surface area (Å²) in [6, 6.07) is 24.9. The summed E-state index contributed by atoms with van der Waals surface area (Å²) in [6.45, 7) is -0.382. The zero-order valence-electron chi connectivity index (χ0n) is 17.4. The maximum absolute atomic E-state index is 13.3. The van der Waals surface area contributed by atoms with E-state index in [1.165, 1.54) is 18.1 Å². The second kappa shape index (κ2) is 9.95.